The molecular weight excluding hydrogens is 264 g/mol. The predicted octanol–water partition coefficient (Wildman–Crippen LogP) is 6.43. The van der Waals surface area contributed by atoms with Gasteiger partial charge < -0.3 is 0 Å². The second-order valence-electron chi connectivity index (χ2n) is 5.52. The summed E-state index contributed by atoms with van der Waals surface area (Å²) in [7, 11) is 0. The van der Waals surface area contributed by atoms with Gasteiger partial charge in [0.15, 0.2) is 0 Å². The van der Waals surface area contributed by atoms with Crippen molar-refractivity contribution in [2.75, 3.05) is 5.75 Å². The number of hydrogen-bond acceptors (Lipinski definition) is 2. The molecule has 0 heterocycles. The van der Waals surface area contributed by atoms with E-state index in [0.717, 1.165) is 12.2 Å². The lowest BCUT2D eigenvalue weighted by Gasteiger charge is -1.99. The molecule has 2 heteroatoms. The topological polar surface area (TPSA) is 17.1 Å². The number of hydrogen-bond donors (Lipinski definition) is 0. The molecular formula is C18H33OS. The van der Waals surface area contributed by atoms with E-state index in [-0.39, 0.29) is 0 Å². The summed E-state index contributed by atoms with van der Waals surface area (Å²) in [5.41, 5.74) is 1.87. The average Bonchev–Trinajstić information content (AvgIpc) is 2.47. The maximum atomic E-state index is 9.98. The Hall–Kier alpha value is -0.240. The van der Waals surface area contributed by atoms with E-state index in [1.54, 1.807) is 0 Å². The largest absolute Gasteiger partial charge is 0.277 e. The van der Waals surface area contributed by atoms with Gasteiger partial charge in [0.25, 0.3) is 5.62 Å². The number of rotatable bonds is 16. The van der Waals surface area contributed by atoms with Crippen molar-refractivity contribution in [3.05, 3.63) is 12.2 Å². The number of thioether (sulfide) groups is 1. The van der Waals surface area contributed by atoms with Crippen LogP contribution >= 0.6 is 11.8 Å². The Kier molecular flexibility index (Phi) is 18.5. The van der Waals surface area contributed by atoms with Crippen LogP contribution in [-0.2, 0) is 4.79 Å². The van der Waals surface area contributed by atoms with Crippen molar-refractivity contribution in [3.63, 3.8) is 0 Å². The minimum absolute atomic E-state index is 0.946. The fourth-order valence-electron chi connectivity index (χ4n) is 2.29. The molecule has 0 aromatic heterocycles. The molecule has 0 spiro atoms. The fraction of sp³-hybridized carbons (Fsp3) is 0.833. The summed E-state index contributed by atoms with van der Waals surface area (Å²) >= 11 is 1.28. The lowest BCUT2D eigenvalue weighted by atomic mass is 10.1. The van der Waals surface area contributed by atoms with E-state index in [2.05, 4.69) is 19.1 Å². The molecule has 0 aromatic carbocycles. The Labute approximate surface area is 131 Å². The highest BCUT2D eigenvalue weighted by atomic mass is 32.2. The number of allylic oxidation sites excluding steroid dienone is 2. The molecule has 0 aromatic rings. The van der Waals surface area contributed by atoms with Gasteiger partial charge in [-0.25, -0.2) is 0 Å². The van der Waals surface area contributed by atoms with Crippen LogP contribution in [0.25, 0.3) is 0 Å². The quantitative estimate of drug-likeness (QED) is 0.241. The maximum absolute atomic E-state index is 9.98. The highest BCUT2D eigenvalue weighted by Crippen LogP contribution is 2.10. The molecule has 0 aliphatic carbocycles. The van der Waals surface area contributed by atoms with Gasteiger partial charge in [0.05, 0.1) is 0 Å². The van der Waals surface area contributed by atoms with Crippen LogP contribution in [0.1, 0.15) is 90.4 Å². The molecule has 0 amide bonds. The molecule has 0 N–H and O–H groups in total. The monoisotopic (exact) mass is 297 g/mol. The summed E-state index contributed by atoms with van der Waals surface area (Å²) in [6, 6.07) is 0. The summed E-state index contributed by atoms with van der Waals surface area (Å²) in [5.74, 6) is 0.946. The molecule has 117 valence electrons. The van der Waals surface area contributed by atoms with Crippen molar-refractivity contribution in [2.45, 2.75) is 90.4 Å². The third-order valence-electron chi connectivity index (χ3n) is 3.57. The van der Waals surface area contributed by atoms with Crippen LogP contribution in [0.5, 0.6) is 0 Å². The van der Waals surface area contributed by atoms with Crippen LogP contribution in [0.4, 0.5) is 0 Å². The summed E-state index contributed by atoms with van der Waals surface area (Å²) in [4.78, 5) is 9.98. The zero-order chi connectivity index (χ0) is 14.7. The maximum Gasteiger partial charge on any atom is 0.266 e. The van der Waals surface area contributed by atoms with E-state index in [1.807, 2.05) is 5.62 Å². The van der Waals surface area contributed by atoms with Gasteiger partial charge in [-0.2, -0.15) is 0 Å². The van der Waals surface area contributed by atoms with Crippen LogP contribution in [-0.4, -0.2) is 11.4 Å². The Balaban J connectivity index is 3.03. The zero-order valence-electron chi connectivity index (χ0n) is 13.4. The average molecular weight is 298 g/mol. The highest BCUT2D eigenvalue weighted by Gasteiger charge is 1.91. The Morgan fingerprint density at radius 2 is 1.25 bits per heavy atom. The first-order valence-electron chi connectivity index (χ1n) is 8.55. The van der Waals surface area contributed by atoms with Gasteiger partial charge in [0.1, 0.15) is 0 Å². The molecule has 0 atom stereocenters. The van der Waals surface area contributed by atoms with Gasteiger partial charge in [-0.3, -0.25) is 4.79 Å². The van der Waals surface area contributed by atoms with Crippen molar-refractivity contribution in [1.82, 2.24) is 0 Å². The van der Waals surface area contributed by atoms with Crippen LogP contribution in [0, 0.1) is 0 Å². The minimum Gasteiger partial charge on any atom is -0.277 e. The molecule has 1 nitrogen and oxygen atoms in total. The molecule has 0 unspecified atom stereocenters. The smallest absolute Gasteiger partial charge is 0.266 e. The summed E-state index contributed by atoms with van der Waals surface area (Å²) in [5, 5.41) is 0. The van der Waals surface area contributed by atoms with E-state index in [9.17, 15) is 4.79 Å². The molecule has 0 saturated carbocycles. The van der Waals surface area contributed by atoms with E-state index in [0.29, 0.717) is 0 Å². The lowest BCUT2D eigenvalue weighted by Crippen LogP contribution is -1.82. The summed E-state index contributed by atoms with van der Waals surface area (Å²) in [6.45, 7) is 2.27. The second kappa shape index (κ2) is 18.8. The molecule has 20 heavy (non-hydrogen) atoms. The molecule has 0 aliphatic rings. The predicted molar refractivity (Wildman–Crippen MR) is 93.0 cm³/mol. The van der Waals surface area contributed by atoms with Crippen LogP contribution in [0.15, 0.2) is 12.2 Å². The van der Waals surface area contributed by atoms with Gasteiger partial charge in [-0.1, -0.05) is 82.2 Å². The van der Waals surface area contributed by atoms with E-state index in [4.69, 9.17) is 0 Å². The lowest BCUT2D eigenvalue weighted by molar-refractivity contribution is 0.570. The van der Waals surface area contributed by atoms with Crippen molar-refractivity contribution in [1.29, 1.82) is 0 Å². The first-order valence-corrected chi connectivity index (χ1v) is 9.54. The third kappa shape index (κ3) is 17.8. The normalized spacial score (nSPS) is 11.2. The fourth-order valence-corrected chi connectivity index (χ4v) is 2.72. The van der Waals surface area contributed by atoms with Crippen LogP contribution in [0.3, 0.4) is 0 Å². The standard InChI is InChI=1S/C18H33OS/c1-2-3-4-5-6-7-8-9-10-11-12-13-14-15-16-17-20-18-19/h9-10H,2-8,11-17H2,1H3/b10-9-. The SMILES string of the molecule is CCCCCCCC/C=C\CCCCCCCS[C]=O. The van der Waals surface area contributed by atoms with Gasteiger partial charge in [0.2, 0.25) is 0 Å². The molecule has 0 bridgehead atoms. The Bertz CT molecular complexity index is 213. The molecule has 0 fully saturated rings. The number of carbonyl (C=O) groups excluding carboxylic acids is 1. The Morgan fingerprint density at radius 3 is 1.80 bits per heavy atom. The molecule has 0 rings (SSSR count). The van der Waals surface area contributed by atoms with Crippen molar-refractivity contribution < 1.29 is 4.79 Å². The highest BCUT2D eigenvalue weighted by molar-refractivity contribution is 8.11. The minimum atomic E-state index is 0.946. The molecule has 0 aliphatic heterocycles. The van der Waals surface area contributed by atoms with Crippen molar-refractivity contribution in [2.24, 2.45) is 0 Å². The first kappa shape index (κ1) is 19.8. The van der Waals surface area contributed by atoms with Gasteiger partial charge >= 0.3 is 0 Å². The van der Waals surface area contributed by atoms with Gasteiger partial charge in [-0.05, 0) is 32.1 Å². The van der Waals surface area contributed by atoms with E-state index < -0.39 is 0 Å². The van der Waals surface area contributed by atoms with E-state index in [1.165, 1.54) is 88.8 Å². The van der Waals surface area contributed by atoms with Crippen LogP contribution < -0.4 is 0 Å². The number of unbranched alkanes of at least 4 members (excludes halogenated alkanes) is 11. The Morgan fingerprint density at radius 1 is 0.750 bits per heavy atom. The van der Waals surface area contributed by atoms with E-state index >= 15 is 0 Å². The van der Waals surface area contributed by atoms with Crippen molar-refractivity contribution >= 4 is 17.4 Å². The first-order chi connectivity index (χ1) is 9.91. The summed E-state index contributed by atoms with van der Waals surface area (Å²) < 4.78 is 0. The second-order valence-corrected chi connectivity index (χ2v) is 6.38. The molecule has 1 radical (unpaired) electrons. The molecule has 0 saturated heterocycles. The van der Waals surface area contributed by atoms with Crippen LogP contribution in [0.2, 0.25) is 0 Å². The van der Waals surface area contributed by atoms with Crippen molar-refractivity contribution in [3.8, 4) is 0 Å². The summed E-state index contributed by atoms with van der Waals surface area (Å²) in [6.07, 6.45) is 22.0. The third-order valence-corrected chi connectivity index (χ3v) is 4.18. The van der Waals surface area contributed by atoms with Gasteiger partial charge in [-0.15, -0.1) is 0 Å². The van der Waals surface area contributed by atoms with Gasteiger partial charge in [0, 0.05) is 5.75 Å². The zero-order valence-corrected chi connectivity index (χ0v) is 14.2.